The highest BCUT2D eigenvalue weighted by Gasteiger charge is 2.19. The number of carbonyl (C=O) groups is 1. The molecule has 0 saturated carbocycles. The predicted octanol–water partition coefficient (Wildman–Crippen LogP) is 3.64. The van der Waals surface area contributed by atoms with Crippen molar-refractivity contribution in [3.63, 3.8) is 0 Å². The Labute approximate surface area is 122 Å². The van der Waals surface area contributed by atoms with Crippen molar-refractivity contribution < 1.29 is 9.18 Å². The molecule has 4 nitrogen and oxygen atoms in total. The third-order valence-electron chi connectivity index (χ3n) is 2.75. The zero-order valence-electron chi connectivity index (χ0n) is 10.4. The number of aryl methyl sites for hydroxylation is 1. The molecule has 1 aromatic carbocycles. The van der Waals surface area contributed by atoms with E-state index in [2.05, 4.69) is 10.3 Å². The van der Waals surface area contributed by atoms with Crippen molar-refractivity contribution in [2.24, 2.45) is 0 Å². The van der Waals surface area contributed by atoms with Crippen molar-refractivity contribution >= 4 is 49.5 Å². The Hall–Kier alpha value is -1.99. The van der Waals surface area contributed by atoms with Crippen LogP contribution in [0.3, 0.4) is 0 Å². The first-order valence-corrected chi connectivity index (χ1v) is 7.46. The molecule has 102 valence electrons. The van der Waals surface area contributed by atoms with E-state index in [9.17, 15) is 9.18 Å². The molecule has 0 saturated heterocycles. The number of thiazole rings is 1. The summed E-state index contributed by atoms with van der Waals surface area (Å²) in [5.41, 5.74) is 6.90. The molecular weight excluding hydrogens is 297 g/mol. The van der Waals surface area contributed by atoms with Gasteiger partial charge in [0.2, 0.25) is 0 Å². The highest BCUT2D eigenvalue weighted by molar-refractivity contribution is 7.21. The number of thiophene rings is 1. The summed E-state index contributed by atoms with van der Waals surface area (Å²) in [5.74, 6) is -0.780. The number of aromatic nitrogens is 1. The average Bonchev–Trinajstić information content (AvgIpc) is 2.95. The molecule has 3 rings (SSSR count). The zero-order valence-corrected chi connectivity index (χ0v) is 12.1. The fourth-order valence-corrected chi connectivity index (χ4v) is 3.58. The Balaban J connectivity index is 1.99. The topological polar surface area (TPSA) is 68.0 Å². The minimum Gasteiger partial charge on any atom is -0.397 e. The number of rotatable bonds is 2. The molecule has 2 aromatic heterocycles. The van der Waals surface area contributed by atoms with Crippen LogP contribution >= 0.6 is 22.7 Å². The van der Waals surface area contributed by atoms with E-state index in [0.717, 1.165) is 5.69 Å². The molecule has 20 heavy (non-hydrogen) atoms. The number of anilines is 2. The summed E-state index contributed by atoms with van der Waals surface area (Å²) in [4.78, 5) is 16.6. The van der Waals surface area contributed by atoms with E-state index in [1.807, 2.05) is 12.3 Å². The zero-order chi connectivity index (χ0) is 14.3. The molecule has 0 aliphatic carbocycles. The van der Waals surface area contributed by atoms with Crippen molar-refractivity contribution in [2.75, 3.05) is 11.1 Å². The Bertz CT molecular complexity index is 809. The quantitative estimate of drug-likeness (QED) is 0.759. The van der Waals surface area contributed by atoms with Crippen LogP contribution in [0.25, 0.3) is 10.1 Å². The van der Waals surface area contributed by atoms with Gasteiger partial charge in [0.25, 0.3) is 5.91 Å². The third kappa shape index (κ3) is 2.14. The summed E-state index contributed by atoms with van der Waals surface area (Å²) >= 11 is 2.51. The fourth-order valence-electron chi connectivity index (χ4n) is 1.86. The van der Waals surface area contributed by atoms with Gasteiger partial charge in [0.05, 0.1) is 16.8 Å². The van der Waals surface area contributed by atoms with E-state index in [1.54, 1.807) is 12.1 Å². The molecular formula is C13H10FN3OS2. The van der Waals surface area contributed by atoms with Gasteiger partial charge < -0.3 is 5.73 Å². The van der Waals surface area contributed by atoms with Crippen LogP contribution in [0.4, 0.5) is 15.2 Å². The normalized spacial score (nSPS) is 10.9. The number of nitrogens with zero attached hydrogens (tertiary/aromatic N) is 1. The van der Waals surface area contributed by atoms with E-state index >= 15 is 0 Å². The lowest BCUT2D eigenvalue weighted by Gasteiger charge is -2.00. The molecule has 7 heteroatoms. The average molecular weight is 307 g/mol. The first kappa shape index (κ1) is 13.0. The standard InChI is InChI=1S/C13H10FN3OS2/c1-6-5-19-13(16-6)17-12(18)11-10(15)9-7(14)3-2-4-8(9)20-11/h2-5H,15H2,1H3,(H,16,17,18). The summed E-state index contributed by atoms with van der Waals surface area (Å²) in [6.07, 6.45) is 0. The third-order valence-corrected chi connectivity index (χ3v) is 4.79. The van der Waals surface area contributed by atoms with Gasteiger partial charge in [-0.3, -0.25) is 10.1 Å². The van der Waals surface area contributed by atoms with Gasteiger partial charge in [0.1, 0.15) is 10.7 Å². The van der Waals surface area contributed by atoms with Gasteiger partial charge in [0, 0.05) is 10.1 Å². The number of nitrogen functional groups attached to an aromatic ring is 1. The van der Waals surface area contributed by atoms with Gasteiger partial charge in [0.15, 0.2) is 5.13 Å². The van der Waals surface area contributed by atoms with Crippen molar-refractivity contribution in [1.29, 1.82) is 0 Å². The molecule has 0 aliphatic heterocycles. The van der Waals surface area contributed by atoms with Gasteiger partial charge in [-0.1, -0.05) is 6.07 Å². The number of hydrogen-bond donors (Lipinski definition) is 2. The molecule has 2 heterocycles. The van der Waals surface area contributed by atoms with Crippen LogP contribution in [0, 0.1) is 12.7 Å². The van der Waals surface area contributed by atoms with E-state index in [4.69, 9.17) is 5.73 Å². The summed E-state index contributed by atoms with van der Waals surface area (Å²) in [7, 11) is 0. The minimum atomic E-state index is -0.416. The van der Waals surface area contributed by atoms with Crippen LogP contribution in [-0.2, 0) is 0 Å². The smallest absolute Gasteiger partial charge is 0.269 e. The van der Waals surface area contributed by atoms with Crippen LogP contribution in [0.1, 0.15) is 15.4 Å². The number of hydrogen-bond acceptors (Lipinski definition) is 5. The molecule has 0 atom stereocenters. The summed E-state index contributed by atoms with van der Waals surface area (Å²) in [5, 5.41) is 5.32. The molecule has 0 radical (unpaired) electrons. The number of benzene rings is 1. The maximum atomic E-state index is 13.7. The van der Waals surface area contributed by atoms with E-state index in [-0.39, 0.29) is 11.6 Å². The monoisotopic (exact) mass is 307 g/mol. The van der Waals surface area contributed by atoms with Crippen molar-refractivity contribution in [3.8, 4) is 0 Å². The number of carbonyl (C=O) groups excluding carboxylic acids is 1. The molecule has 3 N–H and O–H groups in total. The molecule has 0 aliphatic rings. The summed E-state index contributed by atoms with van der Waals surface area (Å²) < 4.78 is 14.4. The first-order chi connectivity index (χ1) is 9.56. The summed E-state index contributed by atoms with van der Waals surface area (Å²) in [6, 6.07) is 4.67. The molecule has 0 unspecified atom stereocenters. The van der Waals surface area contributed by atoms with Gasteiger partial charge in [-0.2, -0.15) is 0 Å². The van der Waals surface area contributed by atoms with E-state index < -0.39 is 5.82 Å². The SMILES string of the molecule is Cc1csc(NC(=O)c2sc3cccc(F)c3c2N)n1. The van der Waals surface area contributed by atoms with Crippen LogP contribution in [0.2, 0.25) is 0 Å². The summed E-state index contributed by atoms with van der Waals surface area (Å²) in [6.45, 7) is 1.84. The largest absolute Gasteiger partial charge is 0.397 e. The number of amides is 1. The Morgan fingerprint density at radius 2 is 2.25 bits per heavy atom. The van der Waals surface area contributed by atoms with Crippen LogP contribution in [0.5, 0.6) is 0 Å². The van der Waals surface area contributed by atoms with Crippen molar-refractivity contribution in [2.45, 2.75) is 6.92 Å². The lowest BCUT2D eigenvalue weighted by atomic mass is 10.2. The van der Waals surface area contributed by atoms with Gasteiger partial charge >= 0.3 is 0 Å². The minimum absolute atomic E-state index is 0.175. The second-order valence-corrected chi connectivity index (χ2v) is 6.12. The molecule has 1 amide bonds. The highest BCUT2D eigenvalue weighted by Crippen LogP contribution is 2.35. The Morgan fingerprint density at radius 3 is 2.90 bits per heavy atom. The van der Waals surface area contributed by atoms with Gasteiger partial charge in [-0.15, -0.1) is 22.7 Å². The predicted molar refractivity (Wildman–Crippen MR) is 81.0 cm³/mol. The highest BCUT2D eigenvalue weighted by atomic mass is 32.1. The molecule has 3 aromatic rings. The number of nitrogens with one attached hydrogen (secondary N) is 1. The lowest BCUT2D eigenvalue weighted by molar-refractivity contribution is 0.103. The molecule has 0 spiro atoms. The Morgan fingerprint density at radius 1 is 1.45 bits per heavy atom. The van der Waals surface area contributed by atoms with Gasteiger partial charge in [-0.05, 0) is 19.1 Å². The maximum absolute atomic E-state index is 13.7. The maximum Gasteiger partial charge on any atom is 0.269 e. The van der Waals surface area contributed by atoms with Crippen LogP contribution in [-0.4, -0.2) is 10.9 Å². The number of nitrogens with two attached hydrogens (primary N) is 1. The first-order valence-electron chi connectivity index (χ1n) is 5.76. The van der Waals surface area contributed by atoms with E-state index in [0.29, 0.717) is 20.1 Å². The van der Waals surface area contributed by atoms with Gasteiger partial charge in [-0.25, -0.2) is 9.37 Å². The molecule has 0 bridgehead atoms. The molecule has 0 fully saturated rings. The lowest BCUT2D eigenvalue weighted by Crippen LogP contribution is -2.11. The van der Waals surface area contributed by atoms with Crippen LogP contribution in [0.15, 0.2) is 23.6 Å². The fraction of sp³-hybridized carbons (Fsp3) is 0.0769. The second kappa shape index (κ2) is 4.84. The van der Waals surface area contributed by atoms with Crippen molar-refractivity contribution in [3.05, 3.63) is 40.0 Å². The van der Waals surface area contributed by atoms with Crippen molar-refractivity contribution in [1.82, 2.24) is 4.98 Å². The number of fused-ring (bicyclic) bond motifs is 1. The van der Waals surface area contributed by atoms with Crippen LogP contribution < -0.4 is 11.1 Å². The number of halogens is 1. The Kier molecular flexibility index (Phi) is 3.15. The van der Waals surface area contributed by atoms with E-state index in [1.165, 1.54) is 28.7 Å². The second-order valence-electron chi connectivity index (χ2n) is 4.21.